The van der Waals surface area contributed by atoms with Gasteiger partial charge in [0.25, 0.3) is 0 Å². The molecule has 0 aromatic heterocycles. The maximum Gasteiger partial charge on any atom is 0.130 e. The highest BCUT2D eigenvalue weighted by atomic mass is 35.5. The number of ether oxygens (including phenoxy) is 1. The van der Waals surface area contributed by atoms with Gasteiger partial charge in [0.2, 0.25) is 0 Å². The summed E-state index contributed by atoms with van der Waals surface area (Å²) in [5.74, 6) is 0. The zero-order valence-corrected chi connectivity index (χ0v) is 7.84. The molecule has 0 saturated carbocycles. The van der Waals surface area contributed by atoms with Gasteiger partial charge in [0, 0.05) is 0 Å². The van der Waals surface area contributed by atoms with E-state index in [1.165, 1.54) is 0 Å². The first-order chi connectivity index (χ1) is 4.64. The molecule has 0 bridgehead atoms. The predicted molar refractivity (Wildman–Crippen MR) is 38.7 cm³/mol. The van der Waals surface area contributed by atoms with Crippen molar-refractivity contribution in [3.63, 3.8) is 0 Å². The van der Waals surface area contributed by atoms with Crippen LogP contribution in [-0.2, 0) is 4.74 Å². The van der Waals surface area contributed by atoms with Crippen molar-refractivity contribution in [2.24, 2.45) is 0 Å². The summed E-state index contributed by atoms with van der Waals surface area (Å²) >= 11 is 0. The Morgan fingerprint density at radius 1 is 1.55 bits per heavy atom. The molecule has 0 aromatic carbocycles. The van der Waals surface area contributed by atoms with Crippen molar-refractivity contribution in [1.29, 1.82) is 0 Å². The summed E-state index contributed by atoms with van der Waals surface area (Å²) in [5.41, 5.74) is 0. The molecule has 0 amide bonds. The summed E-state index contributed by atoms with van der Waals surface area (Å²) in [6.07, 6.45) is 0.0590. The molecule has 1 unspecified atom stereocenters. The Kier molecular flexibility index (Phi) is 4.32. The smallest absolute Gasteiger partial charge is 0.130 e. The van der Waals surface area contributed by atoms with Crippen molar-refractivity contribution in [2.45, 2.75) is 6.10 Å². The number of nitrogens with zero attached hydrogens (tertiary/aromatic N) is 1. The molecule has 1 rings (SSSR count). The molecule has 0 aromatic rings. The summed E-state index contributed by atoms with van der Waals surface area (Å²) < 4.78 is 6.26. The maximum absolute atomic E-state index is 8.79. The third-order valence-electron chi connectivity index (χ3n) is 1.95. The van der Waals surface area contributed by atoms with E-state index in [2.05, 4.69) is 14.1 Å². The Bertz CT molecular complexity index is 119. The molecule has 1 fully saturated rings. The first-order valence-corrected chi connectivity index (χ1v) is 3.68. The fourth-order valence-electron chi connectivity index (χ4n) is 1.27. The first kappa shape index (κ1) is 11.2. The van der Waals surface area contributed by atoms with Crippen LogP contribution >= 0.6 is 0 Å². The molecule has 1 saturated heterocycles. The van der Waals surface area contributed by atoms with Gasteiger partial charge in [0.15, 0.2) is 0 Å². The van der Waals surface area contributed by atoms with Gasteiger partial charge in [-0.3, -0.25) is 0 Å². The van der Waals surface area contributed by atoms with E-state index >= 15 is 0 Å². The van der Waals surface area contributed by atoms with Gasteiger partial charge in [-0.2, -0.15) is 0 Å². The zero-order valence-electron chi connectivity index (χ0n) is 7.09. The molecule has 11 heavy (non-hydrogen) atoms. The minimum absolute atomic E-state index is 0. The second kappa shape index (κ2) is 4.26. The van der Waals surface area contributed by atoms with E-state index in [-0.39, 0.29) is 25.1 Å². The highest BCUT2D eigenvalue weighted by molar-refractivity contribution is 4.58. The average Bonchev–Trinajstić information content (AvgIpc) is 1.86. The Morgan fingerprint density at radius 2 is 2.18 bits per heavy atom. The highest BCUT2D eigenvalue weighted by Crippen LogP contribution is 2.08. The third kappa shape index (κ3) is 3.38. The molecule has 1 aliphatic heterocycles. The van der Waals surface area contributed by atoms with Crippen LogP contribution in [0, 0.1) is 0 Å². The van der Waals surface area contributed by atoms with Crippen molar-refractivity contribution >= 4 is 0 Å². The lowest BCUT2D eigenvalue weighted by Crippen LogP contribution is -3.00. The quantitative estimate of drug-likeness (QED) is 0.425. The molecule has 1 heterocycles. The lowest BCUT2D eigenvalue weighted by atomic mass is 10.2. The number of rotatable bonds is 1. The molecule has 4 heteroatoms. The molecule has 1 aliphatic rings. The normalized spacial score (nSPS) is 29.2. The summed E-state index contributed by atoms with van der Waals surface area (Å²) in [7, 11) is 4.32. The number of quaternary nitrogens is 1. The number of hydrogen-bond acceptors (Lipinski definition) is 2. The number of aliphatic hydroxyl groups is 1. The SMILES string of the molecule is C[N+]1(C)CCOC(CO)C1.[Cl-]. The Morgan fingerprint density at radius 3 is 2.55 bits per heavy atom. The van der Waals surface area contributed by atoms with E-state index in [9.17, 15) is 0 Å². The van der Waals surface area contributed by atoms with Gasteiger partial charge in [-0.1, -0.05) is 0 Å². The largest absolute Gasteiger partial charge is 1.00 e. The van der Waals surface area contributed by atoms with Crippen LogP contribution in [0.3, 0.4) is 0 Å². The molecular weight excluding hydrogens is 166 g/mol. The van der Waals surface area contributed by atoms with Crippen LogP contribution in [0.1, 0.15) is 0 Å². The monoisotopic (exact) mass is 181 g/mol. The number of likely N-dealkylation sites (N-methyl/N-ethyl adjacent to an activating group) is 1. The fraction of sp³-hybridized carbons (Fsp3) is 1.00. The summed E-state index contributed by atoms with van der Waals surface area (Å²) in [6, 6.07) is 0. The lowest BCUT2D eigenvalue weighted by Gasteiger charge is -2.37. The van der Waals surface area contributed by atoms with Crippen molar-refractivity contribution in [3.05, 3.63) is 0 Å². The van der Waals surface area contributed by atoms with E-state index in [1.807, 2.05) is 0 Å². The topological polar surface area (TPSA) is 29.5 Å². The third-order valence-corrected chi connectivity index (χ3v) is 1.95. The standard InChI is InChI=1S/C7H16NO2.ClH/c1-8(2)3-4-10-7(5-8)6-9;/h7,9H,3-6H2,1-2H3;1H/q+1;/p-1. The minimum atomic E-state index is 0. The summed E-state index contributed by atoms with van der Waals surface area (Å²) in [6.45, 7) is 2.91. The van der Waals surface area contributed by atoms with E-state index in [0.717, 1.165) is 24.2 Å². The molecule has 0 spiro atoms. The number of aliphatic hydroxyl groups excluding tert-OH is 1. The van der Waals surface area contributed by atoms with Gasteiger partial charge in [-0.25, -0.2) is 0 Å². The molecular formula is C7H16ClNO2. The molecule has 0 radical (unpaired) electrons. The van der Waals surface area contributed by atoms with Crippen LogP contribution in [0.4, 0.5) is 0 Å². The number of hydrogen-bond donors (Lipinski definition) is 1. The Balaban J connectivity index is 0.000001000. The van der Waals surface area contributed by atoms with Gasteiger partial charge in [-0.15, -0.1) is 0 Å². The van der Waals surface area contributed by atoms with Crippen LogP contribution < -0.4 is 12.4 Å². The molecule has 3 nitrogen and oxygen atoms in total. The Hall–Kier alpha value is 0.170. The van der Waals surface area contributed by atoms with Crippen molar-refractivity contribution < 1.29 is 26.7 Å². The molecule has 1 N–H and O–H groups in total. The summed E-state index contributed by atoms with van der Waals surface area (Å²) in [4.78, 5) is 0. The second-order valence-corrected chi connectivity index (χ2v) is 3.52. The molecule has 0 aliphatic carbocycles. The van der Waals surface area contributed by atoms with Gasteiger partial charge in [0.05, 0.1) is 27.3 Å². The van der Waals surface area contributed by atoms with Gasteiger partial charge in [0.1, 0.15) is 19.2 Å². The van der Waals surface area contributed by atoms with Gasteiger partial charge >= 0.3 is 0 Å². The first-order valence-electron chi connectivity index (χ1n) is 3.68. The lowest BCUT2D eigenvalue weighted by molar-refractivity contribution is -0.901. The maximum atomic E-state index is 8.79. The van der Waals surface area contributed by atoms with Crippen LogP contribution in [-0.4, -0.2) is 56.1 Å². The predicted octanol–water partition coefficient (Wildman–Crippen LogP) is -3.54. The van der Waals surface area contributed by atoms with Crippen LogP contribution in [0.5, 0.6) is 0 Å². The van der Waals surface area contributed by atoms with Crippen LogP contribution in [0.25, 0.3) is 0 Å². The molecule has 68 valence electrons. The Labute approximate surface area is 74.0 Å². The average molecular weight is 182 g/mol. The molecule has 1 atom stereocenters. The van der Waals surface area contributed by atoms with E-state index in [4.69, 9.17) is 9.84 Å². The fourth-order valence-corrected chi connectivity index (χ4v) is 1.27. The van der Waals surface area contributed by atoms with Gasteiger partial charge < -0.3 is 26.7 Å². The second-order valence-electron chi connectivity index (χ2n) is 3.52. The zero-order chi connectivity index (χ0) is 7.61. The van der Waals surface area contributed by atoms with E-state index < -0.39 is 0 Å². The minimum Gasteiger partial charge on any atom is -1.00 e. The summed E-state index contributed by atoms with van der Waals surface area (Å²) in [5, 5.41) is 8.79. The van der Waals surface area contributed by atoms with Crippen LogP contribution in [0.2, 0.25) is 0 Å². The number of morpholine rings is 1. The van der Waals surface area contributed by atoms with E-state index in [1.54, 1.807) is 0 Å². The van der Waals surface area contributed by atoms with Gasteiger partial charge in [-0.05, 0) is 0 Å². The van der Waals surface area contributed by atoms with Crippen molar-refractivity contribution in [1.82, 2.24) is 0 Å². The van der Waals surface area contributed by atoms with Crippen molar-refractivity contribution in [2.75, 3.05) is 40.4 Å². The number of halogens is 1. The van der Waals surface area contributed by atoms with E-state index in [0.29, 0.717) is 0 Å². The van der Waals surface area contributed by atoms with Crippen LogP contribution in [0.15, 0.2) is 0 Å². The highest BCUT2D eigenvalue weighted by Gasteiger charge is 2.26. The van der Waals surface area contributed by atoms with Crippen molar-refractivity contribution in [3.8, 4) is 0 Å².